The van der Waals surface area contributed by atoms with Gasteiger partial charge in [-0.25, -0.2) is 4.99 Å². The number of ketones is 1. The Kier molecular flexibility index (Phi) is 4.07. The van der Waals surface area contributed by atoms with Crippen molar-refractivity contribution in [2.24, 2.45) is 21.5 Å². The van der Waals surface area contributed by atoms with Crippen LogP contribution in [0.3, 0.4) is 0 Å². The number of nitrogens with zero attached hydrogens (tertiary/aromatic N) is 3. The molecule has 4 N–H and O–H groups in total. The number of hydrogen-bond acceptors (Lipinski definition) is 6. The lowest BCUT2D eigenvalue weighted by Crippen LogP contribution is -2.58. The topological polar surface area (TPSA) is 97.1 Å². The maximum absolute atomic E-state index is 11.8. The number of rotatable bonds is 3. The van der Waals surface area contributed by atoms with Crippen molar-refractivity contribution in [2.45, 2.75) is 51.1 Å². The third kappa shape index (κ3) is 2.81. The number of nitrogens with two attached hydrogens (primary N) is 2. The molecule has 1 aromatic rings. The molecule has 1 aliphatic carbocycles. The third-order valence-corrected chi connectivity index (χ3v) is 4.62. The molecule has 23 heavy (non-hydrogen) atoms. The minimum atomic E-state index is -0.440. The van der Waals surface area contributed by atoms with Gasteiger partial charge in [0.1, 0.15) is 5.66 Å². The van der Waals surface area contributed by atoms with Crippen molar-refractivity contribution in [3.05, 3.63) is 29.8 Å². The van der Waals surface area contributed by atoms with Crippen molar-refractivity contribution in [1.82, 2.24) is 0 Å². The average Bonchev–Trinajstić information content (AvgIpc) is 2.54. The van der Waals surface area contributed by atoms with E-state index < -0.39 is 5.66 Å². The first-order valence-electron chi connectivity index (χ1n) is 8.19. The molecule has 0 bridgehead atoms. The first-order valence-corrected chi connectivity index (χ1v) is 8.19. The number of aliphatic imine (C=N–C) groups is 2. The summed E-state index contributed by atoms with van der Waals surface area (Å²) < 4.78 is 0. The van der Waals surface area contributed by atoms with E-state index in [0.717, 1.165) is 31.4 Å². The first-order chi connectivity index (χ1) is 11.1. The largest absolute Gasteiger partial charge is 0.369 e. The summed E-state index contributed by atoms with van der Waals surface area (Å²) >= 11 is 0. The van der Waals surface area contributed by atoms with Crippen LogP contribution in [0.2, 0.25) is 0 Å². The summed E-state index contributed by atoms with van der Waals surface area (Å²) in [6.45, 7) is 1.86. The van der Waals surface area contributed by atoms with Crippen LogP contribution in [0.4, 0.5) is 5.69 Å². The van der Waals surface area contributed by atoms with Gasteiger partial charge in [0, 0.05) is 17.7 Å². The zero-order valence-corrected chi connectivity index (χ0v) is 13.5. The number of hydrogen-bond donors (Lipinski definition) is 2. The van der Waals surface area contributed by atoms with Crippen LogP contribution in [0.1, 0.15) is 55.8 Å². The number of anilines is 1. The number of Topliss-reactive ketones (excluding diaryl/α,β-unsaturated/α-hetero) is 1. The third-order valence-electron chi connectivity index (χ3n) is 4.62. The van der Waals surface area contributed by atoms with Gasteiger partial charge in [-0.3, -0.25) is 9.69 Å². The molecule has 0 amide bonds. The molecular formula is C17H23N5O. The van der Waals surface area contributed by atoms with Crippen LogP contribution in [0.5, 0.6) is 0 Å². The molecule has 122 valence electrons. The molecule has 0 aromatic heterocycles. The Labute approximate surface area is 136 Å². The molecule has 1 heterocycles. The molecule has 0 saturated heterocycles. The highest BCUT2D eigenvalue weighted by molar-refractivity contribution is 6.06. The highest BCUT2D eigenvalue weighted by Crippen LogP contribution is 2.39. The van der Waals surface area contributed by atoms with E-state index in [9.17, 15) is 4.79 Å². The van der Waals surface area contributed by atoms with E-state index in [1.54, 1.807) is 0 Å². The van der Waals surface area contributed by atoms with Crippen LogP contribution in [0.15, 0.2) is 34.3 Å². The van der Waals surface area contributed by atoms with Crippen LogP contribution in [0.25, 0.3) is 0 Å². The molecule has 6 heteroatoms. The fourth-order valence-electron chi connectivity index (χ4n) is 3.50. The second-order valence-electron chi connectivity index (χ2n) is 6.14. The predicted molar refractivity (Wildman–Crippen MR) is 92.6 cm³/mol. The van der Waals surface area contributed by atoms with Crippen molar-refractivity contribution >= 4 is 23.4 Å². The van der Waals surface area contributed by atoms with Gasteiger partial charge in [-0.05, 0) is 49.9 Å². The fourth-order valence-corrected chi connectivity index (χ4v) is 3.50. The summed E-state index contributed by atoms with van der Waals surface area (Å²) in [5.74, 6) is 0.749. The molecule has 0 unspecified atom stereocenters. The van der Waals surface area contributed by atoms with Crippen molar-refractivity contribution in [2.75, 3.05) is 4.90 Å². The smallest absolute Gasteiger partial charge is 0.220 e. The fraction of sp³-hybridized carbons (Fsp3) is 0.471. The average molecular weight is 313 g/mol. The van der Waals surface area contributed by atoms with E-state index >= 15 is 0 Å². The van der Waals surface area contributed by atoms with Crippen molar-refractivity contribution in [3.63, 3.8) is 0 Å². The van der Waals surface area contributed by atoms with Gasteiger partial charge in [-0.15, -0.1) is 0 Å². The van der Waals surface area contributed by atoms with Crippen molar-refractivity contribution in [1.29, 1.82) is 0 Å². The minimum Gasteiger partial charge on any atom is -0.369 e. The number of carbonyl (C=O) groups is 1. The molecule has 0 atom stereocenters. The summed E-state index contributed by atoms with van der Waals surface area (Å²) in [6, 6.07) is 7.51. The molecule has 6 nitrogen and oxygen atoms in total. The van der Waals surface area contributed by atoms with Gasteiger partial charge in [0.25, 0.3) is 0 Å². The second-order valence-corrected chi connectivity index (χ2v) is 6.14. The lowest BCUT2D eigenvalue weighted by Gasteiger charge is -2.45. The molecule has 1 fully saturated rings. The van der Waals surface area contributed by atoms with Gasteiger partial charge in [0.2, 0.25) is 11.9 Å². The normalized spacial score (nSPS) is 20.1. The number of carbonyl (C=O) groups excluding carboxylic acids is 1. The van der Waals surface area contributed by atoms with Crippen LogP contribution in [-0.4, -0.2) is 23.4 Å². The lowest BCUT2D eigenvalue weighted by molar-refractivity contribution is 0.0988. The lowest BCUT2D eigenvalue weighted by atomic mass is 9.87. The summed E-state index contributed by atoms with van der Waals surface area (Å²) in [5.41, 5.74) is 13.2. The molecule has 3 rings (SSSR count). The summed E-state index contributed by atoms with van der Waals surface area (Å²) in [6.07, 6.45) is 5.68. The Morgan fingerprint density at radius 1 is 1.17 bits per heavy atom. The highest BCUT2D eigenvalue weighted by Gasteiger charge is 2.42. The monoisotopic (exact) mass is 313 g/mol. The standard InChI is InChI=1S/C17H23N5O/c1-2-14(23)12-6-8-13(9-7-12)22-16(19)20-15(18)21-17(22)10-4-3-5-11-17/h6-9H,2-5,10-11H2,1H3,(H4,18,19,20,21). The van der Waals surface area contributed by atoms with Crippen LogP contribution < -0.4 is 16.4 Å². The molecule has 1 spiro atoms. The second kappa shape index (κ2) is 6.02. The van der Waals surface area contributed by atoms with Gasteiger partial charge in [0.05, 0.1) is 0 Å². The summed E-state index contributed by atoms with van der Waals surface area (Å²) in [4.78, 5) is 22.6. The number of benzene rings is 1. The zero-order valence-electron chi connectivity index (χ0n) is 13.5. The first kappa shape index (κ1) is 15.5. The Morgan fingerprint density at radius 3 is 2.43 bits per heavy atom. The Balaban J connectivity index is 1.98. The maximum Gasteiger partial charge on any atom is 0.220 e. The predicted octanol–water partition coefficient (Wildman–Crippen LogP) is 2.39. The van der Waals surface area contributed by atoms with E-state index in [1.165, 1.54) is 6.42 Å². The quantitative estimate of drug-likeness (QED) is 0.837. The zero-order chi connectivity index (χ0) is 16.4. The highest BCUT2D eigenvalue weighted by atomic mass is 16.1. The van der Waals surface area contributed by atoms with E-state index in [1.807, 2.05) is 36.1 Å². The molecule has 2 aliphatic rings. The van der Waals surface area contributed by atoms with Crippen molar-refractivity contribution < 1.29 is 4.79 Å². The van der Waals surface area contributed by atoms with Crippen LogP contribution in [0, 0.1) is 0 Å². The van der Waals surface area contributed by atoms with E-state index in [-0.39, 0.29) is 11.7 Å². The van der Waals surface area contributed by atoms with Gasteiger partial charge < -0.3 is 11.5 Å². The number of guanidine groups is 2. The SMILES string of the molecule is CCC(=O)c1ccc(N2C(N)=NC(N)=NC23CCCCC3)cc1. The Morgan fingerprint density at radius 2 is 1.83 bits per heavy atom. The van der Waals surface area contributed by atoms with Crippen molar-refractivity contribution in [3.8, 4) is 0 Å². The van der Waals surface area contributed by atoms with E-state index in [2.05, 4.69) is 9.98 Å². The molecule has 1 aliphatic heterocycles. The Hall–Kier alpha value is -2.37. The molecular weight excluding hydrogens is 290 g/mol. The molecule has 0 radical (unpaired) electrons. The van der Waals surface area contributed by atoms with Gasteiger partial charge in [-0.1, -0.05) is 13.3 Å². The Bertz CT molecular complexity index is 656. The van der Waals surface area contributed by atoms with Crippen LogP contribution >= 0.6 is 0 Å². The molecule has 1 aromatic carbocycles. The maximum atomic E-state index is 11.8. The molecule has 1 saturated carbocycles. The summed E-state index contributed by atoms with van der Waals surface area (Å²) in [5, 5.41) is 0. The van der Waals surface area contributed by atoms with E-state index in [4.69, 9.17) is 11.5 Å². The van der Waals surface area contributed by atoms with Gasteiger partial charge >= 0.3 is 0 Å². The summed E-state index contributed by atoms with van der Waals surface area (Å²) in [7, 11) is 0. The van der Waals surface area contributed by atoms with Gasteiger partial charge in [0.15, 0.2) is 5.78 Å². The van der Waals surface area contributed by atoms with E-state index in [0.29, 0.717) is 17.9 Å². The minimum absolute atomic E-state index is 0.131. The van der Waals surface area contributed by atoms with Crippen LogP contribution in [-0.2, 0) is 0 Å². The van der Waals surface area contributed by atoms with Gasteiger partial charge in [-0.2, -0.15) is 4.99 Å².